The molecule has 2 aliphatic rings. The molecule has 3 aromatic carbocycles. The number of hydrogen-bond donors (Lipinski definition) is 2. The summed E-state index contributed by atoms with van der Waals surface area (Å²) in [4.78, 5) is 61.4. The molecule has 260 valence electrons. The normalized spacial score (nSPS) is 16.7. The molecule has 3 heterocycles. The second-order valence-corrected chi connectivity index (χ2v) is 12.1. The monoisotopic (exact) mass is 695 g/mol. The van der Waals surface area contributed by atoms with Crippen molar-refractivity contribution in [2.45, 2.75) is 31.8 Å². The number of halogens is 2. The third-order valence-corrected chi connectivity index (χ3v) is 8.94. The van der Waals surface area contributed by atoms with E-state index in [4.69, 9.17) is 26.1 Å². The van der Waals surface area contributed by atoms with E-state index in [2.05, 4.69) is 10.6 Å². The fourth-order valence-electron chi connectivity index (χ4n) is 6.16. The first-order chi connectivity index (χ1) is 23.6. The molecule has 0 bridgehead atoms. The summed E-state index contributed by atoms with van der Waals surface area (Å²) in [6, 6.07) is 13.0. The second-order valence-electron chi connectivity index (χ2n) is 11.7. The van der Waals surface area contributed by atoms with Crippen LogP contribution in [0.2, 0.25) is 5.02 Å². The standard InChI is InChI=1S/C34H35ClFN7O6.2H2/c1-20(42(28-12-9-24(48-2)19-29(28)49-3)34(47)37-23-7-5-22(36)6-8-23)31-39-27-18-21(35)4-10-25(27)32(45)43(31)41-16-14-40(15-17-41)33(46)26-11-13-30(44)38-26;;/h4-10,12,18-20,26H,11,13-17H2,1-3H3,(H,37,47)(H,38,44);2*1H/t20?,26-;;/m0../s1. The molecule has 49 heavy (non-hydrogen) atoms. The Kier molecular flexibility index (Phi) is 9.58. The number of carbonyl (C=O) groups excluding carboxylic acids is 3. The first-order valence-electron chi connectivity index (χ1n) is 15.7. The Morgan fingerprint density at radius 3 is 2.43 bits per heavy atom. The van der Waals surface area contributed by atoms with Crippen molar-refractivity contribution in [3.05, 3.63) is 87.7 Å². The van der Waals surface area contributed by atoms with Gasteiger partial charge < -0.3 is 30.0 Å². The molecule has 0 aliphatic carbocycles. The van der Waals surface area contributed by atoms with Crippen molar-refractivity contribution in [3.8, 4) is 11.5 Å². The molecule has 4 aromatic rings. The van der Waals surface area contributed by atoms with Crippen LogP contribution in [0.4, 0.5) is 20.6 Å². The van der Waals surface area contributed by atoms with Crippen LogP contribution in [0.15, 0.2) is 65.5 Å². The third-order valence-electron chi connectivity index (χ3n) is 8.70. The van der Waals surface area contributed by atoms with Gasteiger partial charge in [0, 0.05) is 39.1 Å². The number of carbonyl (C=O) groups is 3. The number of nitrogens with zero attached hydrogens (tertiary/aromatic N) is 5. The summed E-state index contributed by atoms with van der Waals surface area (Å²) >= 11 is 6.33. The number of aromatic nitrogens is 2. The number of rotatable bonds is 8. The second kappa shape index (κ2) is 14.0. The van der Waals surface area contributed by atoms with Crippen LogP contribution in [-0.4, -0.2) is 78.8 Å². The van der Waals surface area contributed by atoms with E-state index in [0.717, 1.165) is 0 Å². The molecular weight excluding hydrogens is 657 g/mol. The molecule has 0 saturated carbocycles. The van der Waals surface area contributed by atoms with Crippen LogP contribution in [0, 0.1) is 5.82 Å². The van der Waals surface area contributed by atoms with Gasteiger partial charge >= 0.3 is 6.03 Å². The number of anilines is 2. The van der Waals surface area contributed by atoms with Crippen molar-refractivity contribution >= 4 is 51.7 Å². The molecule has 2 fully saturated rings. The summed E-state index contributed by atoms with van der Waals surface area (Å²) in [5.41, 5.74) is 0.635. The van der Waals surface area contributed by atoms with Gasteiger partial charge in [0.15, 0.2) is 5.82 Å². The van der Waals surface area contributed by atoms with Gasteiger partial charge in [0.05, 0.1) is 49.9 Å². The minimum Gasteiger partial charge on any atom is -0.497 e. The summed E-state index contributed by atoms with van der Waals surface area (Å²) in [6.45, 7) is 2.88. The van der Waals surface area contributed by atoms with E-state index >= 15 is 0 Å². The molecule has 2 aliphatic heterocycles. The lowest BCUT2D eigenvalue weighted by Gasteiger charge is -2.39. The number of benzene rings is 3. The third kappa shape index (κ3) is 6.81. The van der Waals surface area contributed by atoms with E-state index in [1.807, 2.05) is 0 Å². The Hall–Kier alpha value is -5.37. The van der Waals surface area contributed by atoms with E-state index in [-0.39, 0.29) is 39.1 Å². The highest BCUT2D eigenvalue weighted by molar-refractivity contribution is 6.31. The molecule has 0 radical (unpaired) electrons. The predicted octanol–water partition coefficient (Wildman–Crippen LogP) is 4.56. The lowest BCUT2D eigenvalue weighted by molar-refractivity contribution is -0.134. The number of urea groups is 1. The fraction of sp³-hybridized carbons (Fsp3) is 0.324. The zero-order chi connectivity index (χ0) is 34.8. The molecule has 13 nitrogen and oxygen atoms in total. The van der Waals surface area contributed by atoms with Gasteiger partial charge in [-0.15, -0.1) is 0 Å². The maximum atomic E-state index is 14.3. The van der Waals surface area contributed by atoms with Crippen molar-refractivity contribution in [2.24, 2.45) is 0 Å². The summed E-state index contributed by atoms with van der Waals surface area (Å²) in [5.74, 6) is 0.253. The molecule has 1 aromatic heterocycles. The highest BCUT2D eigenvalue weighted by Crippen LogP contribution is 2.37. The molecule has 1 unspecified atom stereocenters. The van der Waals surface area contributed by atoms with Crippen molar-refractivity contribution in [1.82, 2.24) is 19.9 Å². The van der Waals surface area contributed by atoms with Crippen LogP contribution in [0.5, 0.6) is 11.5 Å². The van der Waals surface area contributed by atoms with Crippen LogP contribution in [0.1, 0.15) is 34.5 Å². The number of piperazine rings is 1. The van der Waals surface area contributed by atoms with Crippen LogP contribution in [-0.2, 0) is 9.59 Å². The summed E-state index contributed by atoms with van der Waals surface area (Å²) < 4.78 is 26.2. The maximum absolute atomic E-state index is 14.3. The fourth-order valence-corrected chi connectivity index (χ4v) is 6.32. The van der Waals surface area contributed by atoms with Gasteiger partial charge in [-0.25, -0.2) is 18.8 Å². The zero-order valence-electron chi connectivity index (χ0n) is 27.1. The van der Waals surface area contributed by atoms with Crippen LogP contribution in [0.3, 0.4) is 0 Å². The van der Waals surface area contributed by atoms with Gasteiger partial charge in [-0.05, 0) is 67.9 Å². The number of hydrogen-bond acceptors (Lipinski definition) is 8. The van der Waals surface area contributed by atoms with Crippen LogP contribution >= 0.6 is 11.6 Å². The first kappa shape index (κ1) is 33.5. The van der Waals surface area contributed by atoms with Crippen molar-refractivity contribution in [3.63, 3.8) is 0 Å². The number of methoxy groups -OCH3 is 2. The lowest BCUT2D eigenvalue weighted by Crippen LogP contribution is -2.58. The summed E-state index contributed by atoms with van der Waals surface area (Å²) in [5, 5.41) is 8.04. The molecule has 0 spiro atoms. The highest BCUT2D eigenvalue weighted by atomic mass is 35.5. The molecule has 2 saturated heterocycles. The number of fused-ring (bicyclic) bond motifs is 1. The Bertz CT molecular complexity index is 1980. The Morgan fingerprint density at radius 2 is 1.78 bits per heavy atom. The zero-order valence-corrected chi connectivity index (χ0v) is 27.9. The summed E-state index contributed by atoms with van der Waals surface area (Å²) in [7, 11) is 2.97. The van der Waals surface area contributed by atoms with Gasteiger partial charge in [-0.2, -0.15) is 0 Å². The Balaban J connectivity index is 0.00000292. The number of amides is 4. The van der Waals surface area contributed by atoms with E-state index in [9.17, 15) is 23.6 Å². The minimum atomic E-state index is -0.910. The SMILES string of the molecule is COc1ccc(N(C(=O)Nc2ccc(F)cc2)C(C)c2nc3cc(Cl)ccc3c(=O)n2N2CCN(C(=O)[C@@H]3CCC(=O)N3)CC2)c(OC)c1.[HH].[HH]. The predicted molar refractivity (Wildman–Crippen MR) is 187 cm³/mol. The average Bonchev–Trinajstić information content (AvgIpc) is 3.55. The van der Waals surface area contributed by atoms with E-state index < -0.39 is 23.9 Å². The van der Waals surface area contributed by atoms with E-state index in [1.54, 1.807) is 53.2 Å². The maximum Gasteiger partial charge on any atom is 0.327 e. The van der Waals surface area contributed by atoms with E-state index in [1.165, 1.54) is 48.1 Å². The topological polar surface area (TPSA) is 138 Å². The molecule has 15 heteroatoms. The van der Waals surface area contributed by atoms with Crippen LogP contribution in [0.25, 0.3) is 10.9 Å². The van der Waals surface area contributed by atoms with Gasteiger partial charge in [0.1, 0.15) is 23.4 Å². The molecule has 2 N–H and O–H groups in total. The summed E-state index contributed by atoms with van der Waals surface area (Å²) in [6.07, 6.45) is 0.755. The Labute approximate surface area is 289 Å². The van der Waals surface area contributed by atoms with Crippen molar-refractivity contribution < 1.29 is 31.1 Å². The van der Waals surface area contributed by atoms with E-state index in [0.29, 0.717) is 64.7 Å². The molecule has 4 amide bonds. The quantitative estimate of drug-likeness (QED) is 0.274. The van der Waals surface area contributed by atoms with Crippen molar-refractivity contribution in [2.75, 3.05) is 55.6 Å². The molecule has 2 atom stereocenters. The minimum absolute atomic E-state index is 0. The molecular formula is C34H39ClFN7O6. The first-order valence-corrected chi connectivity index (χ1v) is 16.1. The van der Waals surface area contributed by atoms with Crippen molar-refractivity contribution in [1.29, 1.82) is 0 Å². The van der Waals surface area contributed by atoms with Gasteiger partial charge in [0.25, 0.3) is 5.56 Å². The number of ether oxygens (including phenoxy) is 2. The van der Waals surface area contributed by atoms with Crippen LogP contribution < -0.4 is 35.6 Å². The van der Waals surface area contributed by atoms with Gasteiger partial charge in [-0.3, -0.25) is 19.3 Å². The largest absolute Gasteiger partial charge is 0.497 e. The van der Waals surface area contributed by atoms with Gasteiger partial charge in [0.2, 0.25) is 11.8 Å². The smallest absolute Gasteiger partial charge is 0.327 e. The van der Waals surface area contributed by atoms with Gasteiger partial charge in [-0.1, -0.05) is 11.6 Å². The average molecular weight is 696 g/mol. The molecule has 6 rings (SSSR count). The number of nitrogens with one attached hydrogen (secondary N) is 2. The lowest BCUT2D eigenvalue weighted by atomic mass is 10.1. The highest BCUT2D eigenvalue weighted by Gasteiger charge is 2.35. The Morgan fingerprint density at radius 1 is 1.04 bits per heavy atom.